The Hall–Kier alpha value is -4.84. The summed E-state index contributed by atoms with van der Waals surface area (Å²) in [7, 11) is 1.58. The number of rotatable bonds is 6. The average Bonchev–Trinajstić information content (AvgIpc) is 3.26. The molecule has 6 heteroatoms. The first-order valence-corrected chi connectivity index (χ1v) is 12.8. The van der Waals surface area contributed by atoms with Gasteiger partial charge in [0.1, 0.15) is 23.7 Å². The molecule has 0 bridgehead atoms. The molecule has 5 aromatic rings. The highest BCUT2D eigenvalue weighted by Crippen LogP contribution is 2.42. The molecule has 1 aromatic heterocycles. The van der Waals surface area contributed by atoms with Crippen LogP contribution >= 0.6 is 0 Å². The number of ether oxygens (including phenoxy) is 2. The van der Waals surface area contributed by atoms with E-state index in [0.29, 0.717) is 40.3 Å². The van der Waals surface area contributed by atoms with Crippen LogP contribution in [0.2, 0.25) is 0 Å². The largest absolute Gasteiger partial charge is 0.497 e. The highest BCUT2D eigenvalue weighted by atomic mass is 16.5. The van der Waals surface area contributed by atoms with E-state index in [4.69, 9.17) is 13.9 Å². The van der Waals surface area contributed by atoms with E-state index in [0.717, 1.165) is 22.3 Å². The smallest absolute Gasteiger partial charge is 0.295 e. The maximum absolute atomic E-state index is 14.0. The second-order valence-corrected chi connectivity index (χ2v) is 9.73. The summed E-state index contributed by atoms with van der Waals surface area (Å²) in [4.78, 5) is 29.4. The molecule has 1 amide bonds. The third-order valence-electron chi connectivity index (χ3n) is 7.26. The molecular formula is C33H27NO5. The third kappa shape index (κ3) is 4.34. The van der Waals surface area contributed by atoms with Crippen molar-refractivity contribution in [2.75, 3.05) is 12.0 Å². The van der Waals surface area contributed by atoms with E-state index in [2.05, 4.69) is 0 Å². The van der Waals surface area contributed by atoms with Crippen molar-refractivity contribution >= 4 is 22.6 Å². The number of aryl methyl sites for hydroxylation is 2. The summed E-state index contributed by atoms with van der Waals surface area (Å²) >= 11 is 0. The number of fused-ring (bicyclic) bond motifs is 2. The fourth-order valence-corrected chi connectivity index (χ4v) is 5.06. The molecule has 39 heavy (non-hydrogen) atoms. The standard InChI is InChI=1S/C33H27NO5/c1-20-16-27-28(17-21(20)2)39-32-29(31(27)35)30(34(33(32)36)24-10-7-11-26(18-24)37-3)23-12-14-25(15-13-23)38-19-22-8-5-4-6-9-22/h4-18,30H,19H2,1-3H3. The van der Waals surface area contributed by atoms with Crippen LogP contribution in [0.4, 0.5) is 5.69 Å². The quantitative estimate of drug-likeness (QED) is 0.249. The van der Waals surface area contributed by atoms with Gasteiger partial charge in [0.15, 0.2) is 5.43 Å². The van der Waals surface area contributed by atoms with Gasteiger partial charge < -0.3 is 13.9 Å². The zero-order chi connectivity index (χ0) is 27.1. The predicted octanol–water partition coefficient (Wildman–Crippen LogP) is 6.75. The maximum atomic E-state index is 14.0. The molecular weight excluding hydrogens is 490 g/mol. The van der Waals surface area contributed by atoms with E-state index in [9.17, 15) is 9.59 Å². The minimum Gasteiger partial charge on any atom is -0.497 e. The van der Waals surface area contributed by atoms with Crippen molar-refractivity contribution in [3.63, 3.8) is 0 Å². The Bertz CT molecular complexity index is 1760. The molecule has 6 nitrogen and oxygen atoms in total. The van der Waals surface area contributed by atoms with E-state index < -0.39 is 6.04 Å². The zero-order valence-corrected chi connectivity index (χ0v) is 21.9. The monoisotopic (exact) mass is 517 g/mol. The molecule has 0 aliphatic carbocycles. The first-order valence-electron chi connectivity index (χ1n) is 12.8. The van der Waals surface area contributed by atoms with E-state index in [1.165, 1.54) is 0 Å². The van der Waals surface area contributed by atoms with Crippen LogP contribution in [0.3, 0.4) is 0 Å². The van der Waals surface area contributed by atoms with Gasteiger partial charge >= 0.3 is 0 Å². The molecule has 1 unspecified atom stereocenters. The number of carbonyl (C=O) groups excluding carboxylic acids is 1. The van der Waals surface area contributed by atoms with Gasteiger partial charge in [0, 0.05) is 11.8 Å². The molecule has 0 saturated carbocycles. The average molecular weight is 518 g/mol. The first kappa shape index (κ1) is 24.5. The summed E-state index contributed by atoms with van der Waals surface area (Å²) in [6.45, 7) is 4.35. The van der Waals surface area contributed by atoms with Gasteiger partial charge in [-0.1, -0.05) is 48.5 Å². The molecule has 0 fully saturated rings. The van der Waals surface area contributed by atoms with Crippen molar-refractivity contribution < 1.29 is 18.7 Å². The Morgan fingerprint density at radius 1 is 0.821 bits per heavy atom. The number of anilines is 1. The maximum Gasteiger partial charge on any atom is 0.295 e. The van der Waals surface area contributed by atoms with Crippen molar-refractivity contribution in [3.05, 3.63) is 135 Å². The Labute approximate surface area is 226 Å². The summed E-state index contributed by atoms with van der Waals surface area (Å²) in [6.07, 6.45) is 0. The number of methoxy groups -OCH3 is 1. The molecule has 194 valence electrons. The topological polar surface area (TPSA) is 69.0 Å². The van der Waals surface area contributed by atoms with Crippen molar-refractivity contribution in [2.45, 2.75) is 26.5 Å². The molecule has 0 spiro atoms. The van der Waals surface area contributed by atoms with E-state index in [1.807, 2.05) is 98.8 Å². The highest BCUT2D eigenvalue weighted by molar-refractivity contribution is 6.10. The molecule has 4 aromatic carbocycles. The number of carbonyl (C=O) groups is 1. The molecule has 1 aliphatic heterocycles. The zero-order valence-electron chi connectivity index (χ0n) is 21.9. The van der Waals surface area contributed by atoms with Gasteiger partial charge in [0.25, 0.3) is 5.91 Å². The van der Waals surface area contributed by atoms with Crippen molar-refractivity contribution in [3.8, 4) is 11.5 Å². The fraction of sp³-hybridized carbons (Fsp3) is 0.152. The van der Waals surface area contributed by atoms with Gasteiger partial charge in [-0.3, -0.25) is 14.5 Å². The van der Waals surface area contributed by atoms with Crippen LogP contribution in [0.25, 0.3) is 11.0 Å². The van der Waals surface area contributed by atoms with Gasteiger partial charge in [-0.05, 0) is 72.5 Å². The molecule has 6 rings (SSSR count). The van der Waals surface area contributed by atoms with Crippen LogP contribution < -0.4 is 19.8 Å². The molecule has 0 N–H and O–H groups in total. The third-order valence-corrected chi connectivity index (χ3v) is 7.26. The SMILES string of the molecule is COc1cccc(N2C(=O)c3oc4cc(C)c(C)cc4c(=O)c3C2c2ccc(OCc3ccccc3)cc2)c1. The van der Waals surface area contributed by atoms with Crippen LogP contribution in [0.15, 0.2) is 100 Å². The Morgan fingerprint density at radius 3 is 2.31 bits per heavy atom. The fourth-order valence-electron chi connectivity index (χ4n) is 5.06. The molecule has 0 saturated heterocycles. The lowest BCUT2D eigenvalue weighted by atomic mass is 9.97. The van der Waals surface area contributed by atoms with Crippen molar-refractivity contribution in [2.24, 2.45) is 0 Å². The molecule has 1 aliphatic rings. The van der Waals surface area contributed by atoms with E-state index in [-0.39, 0.29) is 17.1 Å². The lowest BCUT2D eigenvalue weighted by molar-refractivity contribution is 0.0971. The second-order valence-electron chi connectivity index (χ2n) is 9.73. The van der Waals surface area contributed by atoms with Crippen molar-refractivity contribution in [1.29, 1.82) is 0 Å². The lowest BCUT2D eigenvalue weighted by Crippen LogP contribution is -2.29. The Kier molecular flexibility index (Phi) is 6.15. The summed E-state index contributed by atoms with van der Waals surface area (Å²) in [6, 6.07) is 27.7. The lowest BCUT2D eigenvalue weighted by Gasteiger charge is -2.25. The molecule has 2 heterocycles. The predicted molar refractivity (Wildman–Crippen MR) is 151 cm³/mol. The molecule has 1 atom stereocenters. The summed E-state index contributed by atoms with van der Waals surface area (Å²) < 4.78 is 17.5. The number of amides is 1. The van der Waals surface area contributed by atoms with E-state index in [1.54, 1.807) is 18.1 Å². The highest BCUT2D eigenvalue weighted by Gasteiger charge is 2.43. The summed E-state index contributed by atoms with van der Waals surface area (Å²) in [5.41, 5.74) is 4.95. The minimum absolute atomic E-state index is 0.0629. The summed E-state index contributed by atoms with van der Waals surface area (Å²) in [5, 5.41) is 0.463. The van der Waals surface area contributed by atoms with Gasteiger partial charge in [-0.25, -0.2) is 0 Å². The first-order chi connectivity index (χ1) is 18.9. The number of nitrogens with zero attached hydrogens (tertiary/aromatic N) is 1. The van der Waals surface area contributed by atoms with Crippen LogP contribution in [0.1, 0.15) is 44.4 Å². The number of benzene rings is 4. The Morgan fingerprint density at radius 2 is 1.56 bits per heavy atom. The van der Waals surface area contributed by atoms with Gasteiger partial charge in [0.05, 0.1) is 24.1 Å². The van der Waals surface area contributed by atoms with Gasteiger partial charge in [0.2, 0.25) is 5.76 Å². The normalized spacial score (nSPS) is 14.5. The second kappa shape index (κ2) is 9.80. The van der Waals surface area contributed by atoms with Crippen LogP contribution in [-0.2, 0) is 6.61 Å². The number of hydrogen-bond donors (Lipinski definition) is 0. The Balaban J connectivity index is 1.46. The van der Waals surface area contributed by atoms with Crippen molar-refractivity contribution in [1.82, 2.24) is 0 Å². The van der Waals surface area contributed by atoms with Crippen LogP contribution in [-0.4, -0.2) is 13.0 Å². The number of hydrogen-bond acceptors (Lipinski definition) is 5. The summed E-state index contributed by atoms with van der Waals surface area (Å²) in [5.74, 6) is 0.991. The van der Waals surface area contributed by atoms with E-state index >= 15 is 0 Å². The minimum atomic E-state index is -0.676. The molecule has 0 radical (unpaired) electrons. The van der Waals surface area contributed by atoms with Crippen LogP contribution in [0.5, 0.6) is 11.5 Å². The van der Waals surface area contributed by atoms with Gasteiger partial charge in [-0.2, -0.15) is 0 Å². The van der Waals surface area contributed by atoms with Gasteiger partial charge in [-0.15, -0.1) is 0 Å². The van der Waals surface area contributed by atoms with Crippen LogP contribution in [0, 0.1) is 13.8 Å².